The van der Waals surface area contributed by atoms with E-state index in [2.05, 4.69) is 393 Å². The number of hydrogen-bond donors (Lipinski definition) is 0. The Kier molecular flexibility index (Phi) is 16.6. The highest BCUT2D eigenvalue weighted by Gasteiger charge is 2.46. The maximum atomic E-state index is 5.59. The lowest BCUT2D eigenvalue weighted by molar-refractivity contribution is 0.531. The van der Waals surface area contributed by atoms with Crippen LogP contribution < -0.4 is 26.2 Å². The summed E-state index contributed by atoms with van der Waals surface area (Å²) in [4.78, 5) is 11.0. The van der Waals surface area contributed by atoms with Crippen molar-refractivity contribution in [3.63, 3.8) is 0 Å². The number of aromatic nitrogens is 2. The van der Waals surface area contributed by atoms with Crippen LogP contribution in [-0.4, -0.2) is 16.3 Å². The van der Waals surface area contributed by atoms with Gasteiger partial charge in [-0.05, 0) is 207 Å². The highest BCUT2D eigenvalue weighted by Crippen LogP contribution is 2.54. The van der Waals surface area contributed by atoms with Crippen LogP contribution in [0.1, 0.15) is 211 Å². The van der Waals surface area contributed by atoms with Gasteiger partial charge in [0.15, 0.2) is 0 Å². The summed E-state index contributed by atoms with van der Waals surface area (Å²) in [6, 6.07) is 83.5. The summed E-state index contributed by atoms with van der Waals surface area (Å²) >= 11 is 0. The first kappa shape index (κ1) is 69.9. The molecule has 0 spiro atoms. The molecule has 0 radical (unpaired) electrons. The Labute approximate surface area is 611 Å². The molecule has 0 saturated heterocycles. The van der Waals surface area contributed by atoms with Crippen molar-refractivity contribution in [2.24, 2.45) is 0 Å². The number of fused-ring (bicyclic) bond motifs is 7. The number of anilines is 6. The normalized spacial score (nSPS) is 13.8. The molecular formula is C97H107BN4. The lowest BCUT2D eigenvalue weighted by Gasteiger charge is -2.46. The maximum absolute atomic E-state index is 5.59. The second-order valence-corrected chi connectivity index (χ2v) is 38.0. The van der Waals surface area contributed by atoms with Gasteiger partial charge in [-0.25, -0.2) is 0 Å². The molecule has 10 aromatic carbocycles. The van der Waals surface area contributed by atoms with E-state index in [9.17, 15) is 0 Å². The van der Waals surface area contributed by atoms with Gasteiger partial charge in [0.2, 0.25) is 0 Å². The topological polar surface area (TPSA) is 24.3 Å². The molecule has 0 atom stereocenters. The van der Waals surface area contributed by atoms with Gasteiger partial charge in [0.1, 0.15) is 0 Å². The Bertz CT molecular complexity index is 5140. The standard InChI is InChI=1S/C97H107BN4/c1-90(2,3)66-38-45-80-76(53-66)77-54-67(91(4,5)6)39-46-81(77)101(80)73-42-44-79-83(59-73)102(89-74(62-33-29-26-30-34-62)55-70(94(13,14)15)56-75(89)65-50-86(96(19,20)21)99-87(51-65)97(22,23)24)85-58-71(95(16,17)18)57-84-88(85)98(79)78-43-37-63(64-47-68(92(7,8)9)52-69(48-64)93(10,11)12)49-82(78)100(84)72-40-35-61(36-41-72)60-31-27-25-28-32-60/h25-59H,1-24H3. The Balaban J connectivity index is 1.17. The Hall–Kier alpha value is -9.19. The van der Waals surface area contributed by atoms with Gasteiger partial charge in [-0.1, -0.05) is 287 Å². The Morgan fingerprint density at radius 3 is 1.15 bits per heavy atom. The summed E-state index contributed by atoms with van der Waals surface area (Å²) in [6.45, 7) is 56.2. The van der Waals surface area contributed by atoms with E-state index in [1.807, 2.05) is 0 Å². The van der Waals surface area contributed by atoms with Gasteiger partial charge in [0, 0.05) is 78.2 Å². The average Bonchev–Trinajstić information content (AvgIpc) is 0.718. The van der Waals surface area contributed by atoms with E-state index in [0.717, 1.165) is 45.3 Å². The first-order chi connectivity index (χ1) is 47.6. The van der Waals surface area contributed by atoms with Gasteiger partial charge < -0.3 is 14.4 Å². The molecule has 0 N–H and O–H groups in total. The van der Waals surface area contributed by atoms with Crippen LogP contribution >= 0.6 is 0 Å². The summed E-state index contributed by atoms with van der Waals surface area (Å²) in [5.74, 6) is 0. The third-order valence-corrected chi connectivity index (χ3v) is 21.9. The number of pyridine rings is 1. The zero-order chi connectivity index (χ0) is 73.1. The van der Waals surface area contributed by atoms with Crippen molar-refractivity contribution in [3.05, 3.63) is 257 Å². The van der Waals surface area contributed by atoms with E-state index in [1.54, 1.807) is 0 Å². The smallest absolute Gasteiger partial charge is 0.252 e. The zero-order valence-electron chi connectivity index (χ0n) is 65.6. The summed E-state index contributed by atoms with van der Waals surface area (Å²) in [7, 11) is 0. The fourth-order valence-electron chi connectivity index (χ4n) is 15.4. The molecule has 4 nitrogen and oxygen atoms in total. The minimum Gasteiger partial charge on any atom is -0.311 e. The van der Waals surface area contributed by atoms with E-state index in [-0.39, 0.29) is 50.0 Å². The van der Waals surface area contributed by atoms with Gasteiger partial charge in [-0.15, -0.1) is 0 Å². The number of benzene rings is 10. The molecule has 0 bridgehead atoms. The third-order valence-electron chi connectivity index (χ3n) is 21.9. The molecule has 518 valence electrons. The fourth-order valence-corrected chi connectivity index (χ4v) is 15.4. The van der Waals surface area contributed by atoms with E-state index >= 15 is 0 Å². The van der Waals surface area contributed by atoms with Crippen molar-refractivity contribution in [2.75, 3.05) is 9.80 Å². The van der Waals surface area contributed by atoms with Gasteiger partial charge in [-0.2, -0.15) is 0 Å². The molecule has 12 aromatic rings. The van der Waals surface area contributed by atoms with Crippen LogP contribution in [0.25, 0.3) is 72.0 Å². The summed E-state index contributed by atoms with van der Waals surface area (Å²) in [5, 5.41) is 2.54. The van der Waals surface area contributed by atoms with Gasteiger partial charge in [0.25, 0.3) is 6.71 Å². The molecule has 0 fully saturated rings. The van der Waals surface area contributed by atoms with Crippen molar-refractivity contribution in [2.45, 2.75) is 209 Å². The van der Waals surface area contributed by atoms with Crippen LogP contribution in [-0.2, 0) is 43.3 Å². The molecule has 0 saturated carbocycles. The quantitative estimate of drug-likeness (QED) is 0.149. The predicted octanol–water partition coefficient (Wildman–Crippen LogP) is 25.3. The number of nitrogens with zero attached hydrogens (tertiary/aromatic N) is 4. The van der Waals surface area contributed by atoms with Crippen molar-refractivity contribution >= 4 is 79.0 Å². The highest BCUT2D eigenvalue weighted by molar-refractivity contribution is 7.00. The van der Waals surface area contributed by atoms with Gasteiger partial charge >= 0.3 is 0 Å². The Morgan fingerprint density at radius 2 is 0.667 bits per heavy atom. The first-order valence-electron chi connectivity index (χ1n) is 37.4. The predicted molar refractivity (Wildman–Crippen MR) is 444 cm³/mol. The first-order valence-corrected chi connectivity index (χ1v) is 37.4. The molecule has 4 heterocycles. The molecular weight excluding hydrogens is 1230 g/mol. The minimum absolute atomic E-state index is 0.0500. The second kappa shape index (κ2) is 24.2. The molecule has 0 amide bonds. The molecule has 5 heteroatoms. The molecule has 0 aliphatic carbocycles. The number of rotatable bonds is 7. The van der Waals surface area contributed by atoms with Crippen LogP contribution in [0.2, 0.25) is 0 Å². The van der Waals surface area contributed by atoms with Gasteiger partial charge in [0.05, 0.1) is 16.7 Å². The largest absolute Gasteiger partial charge is 0.311 e. The van der Waals surface area contributed by atoms with Crippen molar-refractivity contribution in [3.8, 4) is 50.2 Å². The summed E-state index contributed by atoms with van der Waals surface area (Å²) in [6.07, 6.45) is 0. The van der Waals surface area contributed by atoms with E-state index in [1.165, 1.54) is 122 Å². The van der Waals surface area contributed by atoms with Crippen molar-refractivity contribution in [1.29, 1.82) is 0 Å². The Morgan fingerprint density at radius 1 is 0.265 bits per heavy atom. The molecule has 2 aromatic heterocycles. The van der Waals surface area contributed by atoms with Crippen LogP contribution in [0.4, 0.5) is 34.1 Å². The highest BCUT2D eigenvalue weighted by atomic mass is 15.2. The minimum atomic E-state index is -0.285. The molecule has 14 rings (SSSR count). The van der Waals surface area contributed by atoms with Gasteiger partial charge in [-0.3, -0.25) is 4.98 Å². The van der Waals surface area contributed by atoms with E-state index in [4.69, 9.17) is 4.98 Å². The van der Waals surface area contributed by atoms with E-state index < -0.39 is 0 Å². The SMILES string of the molecule is CC(C)(C)c1cc(-c2ccc3c(c2)N(c2ccc(-c4ccccc4)cc2)c2cc(C(C)(C)C)cc4c2B3c2ccc(-n3c5ccc(C(C)(C)C)cc5c5cc(C(C)(C)C)ccc53)cc2N4c2c(-c3ccccc3)cc(C(C)(C)C)cc2-c2cc(C(C)(C)C)nc(C(C)(C)C)c2)cc(C(C)(C)C)c1. The molecule has 2 aliphatic rings. The third kappa shape index (κ3) is 12.6. The molecule has 102 heavy (non-hydrogen) atoms. The number of hydrogen-bond acceptors (Lipinski definition) is 3. The van der Waals surface area contributed by atoms with Crippen molar-refractivity contribution < 1.29 is 0 Å². The zero-order valence-corrected chi connectivity index (χ0v) is 65.6. The summed E-state index contributed by atoms with van der Waals surface area (Å²) in [5.41, 5.74) is 32.6. The van der Waals surface area contributed by atoms with Crippen molar-refractivity contribution in [1.82, 2.24) is 9.55 Å². The molecule has 0 unspecified atom stereocenters. The second-order valence-electron chi connectivity index (χ2n) is 38.0. The van der Waals surface area contributed by atoms with Crippen LogP contribution in [0.3, 0.4) is 0 Å². The summed E-state index contributed by atoms with van der Waals surface area (Å²) < 4.78 is 2.57. The maximum Gasteiger partial charge on any atom is 0.252 e. The fraction of sp³-hybridized carbons (Fsp3) is 0.330. The van der Waals surface area contributed by atoms with Crippen LogP contribution in [0.5, 0.6) is 0 Å². The lowest BCUT2D eigenvalue weighted by atomic mass is 9.33. The van der Waals surface area contributed by atoms with E-state index in [0.29, 0.717) is 0 Å². The van der Waals surface area contributed by atoms with Crippen LogP contribution in [0, 0.1) is 0 Å². The monoisotopic (exact) mass is 1340 g/mol. The van der Waals surface area contributed by atoms with Crippen LogP contribution in [0.15, 0.2) is 212 Å². The lowest BCUT2D eigenvalue weighted by Crippen LogP contribution is -2.61. The average molecular weight is 1340 g/mol. The molecule has 2 aliphatic heterocycles.